The predicted octanol–water partition coefficient (Wildman–Crippen LogP) is 3.64. The van der Waals surface area contributed by atoms with Gasteiger partial charge in [0.1, 0.15) is 0 Å². The van der Waals surface area contributed by atoms with Crippen molar-refractivity contribution in [3.8, 4) is 0 Å². The summed E-state index contributed by atoms with van der Waals surface area (Å²) in [5.41, 5.74) is 1.02. The summed E-state index contributed by atoms with van der Waals surface area (Å²) in [5.74, 6) is 0.216. The lowest BCUT2D eigenvalue weighted by Crippen LogP contribution is -2.32. The first-order valence-electron chi connectivity index (χ1n) is 7.48. The summed E-state index contributed by atoms with van der Waals surface area (Å²) in [7, 11) is 0. The third-order valence-electron chi connectivity index (χ3n) is 3.96. The van der Waals surface area contributed by atoms with Gasteiger partial charge in [0.2, 0.25) is 5.91 Å². The zero-order chi connectivity index (χ0) is 15.4. The van der Waals surface area contributed by atoms with Crippen molar-refractivity contribution in [2.24, 2.45) is 0 Å². The minimum atomic E-state index is 0.216. The second kappa shape index (κ2) is 7.27. The fraction of sp³-hybridized carbons (Fsp3) is 0.353. The van der Waals surface area contributed by atoms with Crippen molar-refractivity contribution in [1.82, 2.24) is 9.80 Å². The first-order chi connectivity index (χ1) is 10.7. The van der Waals surface area contributed by atoms with E-state index < -0.39 is 0 Å². The van der Waals surface area contributed by atoms with Crippen molar-refractivity contribution in [3.05, 3.63) is 57.2 Å². The molecule has 116 valence electrons. The molecule has 0 saturated carbocycles. The van der Waals surface area contributed by atoms with Crippen LogP contribution in [0.4, 0.5) is 0 Å². The molecule has 1 amide bonds. The highest BCUT2D eigenvalue weighted by Crippen LogP contribution is 2.19. The molecular weight excluding hydrogens is 316 g/mol. The summed E-state index contributed by atoms with van der Waals surface area (Å²) in [5, 5.41) is 2.83. The Labute approximate surface area is 140 Å². The van der Waals surface area contributed by atoms with Crippen molar-refractivity contribution < 1.29 is 4.79 Å². The molecule has 1 aliphatic heterocycles. The molecular formula is C17H19ClN2OS. The van der Waals surface area contributed by atoms with Gasteiger partial charge in [0.05, 0.1) is 0 Å². The molecule has 0 N–H and O–H groups in total. The third kappa shape index (κ3) is 3.88. The van der Waals surface area contributed by atoms with E-state index in [0.717, 1.165) is 36.8 Å². The first-order valence-corrected chi connectivity index (χ1v) is 8.74. The van der Waals surface area contributed by atoms with Gasteiger partial charge < -0.3 is 4.90 Å². The maximum Gasteiger partial charge on any atom is 0.224 e. The molecule has 0 aliphatic carbocycles. The number of thiophene rings is 1. The number of amides is 1. The zero-order valence-electron chi connectivity index (χ0n) is 12.4. The summed E-state index contributed by atoms with van der Waals surface area (Å²) in [6.45, 7) is 4.04. The van der Waals surface area contributed by atoms with E-state index in [4.69, 9.17) is 11.6 Å². The molecule has 1 fully saturated rings. The Bertz CT molecular complexity index is 629. The molecule has 0 bridgehead atoms. The Balaban J connectivity index is 1.62. The summed E-state index contributed by atoms with van der Waals surface area (Å²) in [4.78, 5) is 18.0. The van der Waals surface area contributed by atoms with Crippen molar-refractivity contribution >= 4 is 28.8 Å². The lowest BCUT2D eigenvalue weighted by Gasteiger charge is -2.22. The van der Waals surface area contributed by atoms with Crippen LogP contribution in [0.25, 0.3) is 0 Å². The second-order valence-electron chi connectivity index (χ2n) is 5.51. The van der Waals surface area contributed by atoms with E-state index >= 15 is 0 Å². The number of nitrogens with zero attached hydrogens (tertiary/aromatic N) is 2. The standard InChI is InChI=1S/C17H19ClN2OS/c18-16-6-2-1-4-14(16)12-20-10-9-19(8-7-17(20)21)13-15-5-3-11-22-15/h1-6,11H,7-10,12-13H2. The Hall–Kier alpha value is -1.36. The fourth-order valence-electron chi connectivity index (χ4n) is 2.69. The summed E-state index contributed by atoms with van der Waals surface area (Å²) in [6, 6.07) is 12.0. The topological polar surface area (TPSA) is 23.6 Å². The monoisotopic (exact) mass is 334 g/mol. The number of carbonyl (C=O) groups excluding carboxylic acids is 1. The number of hydrogen-bond donors (Lipinski definition) is 0. The molecule has 22 heavy (non-hydrogen) atoms. The maximum atomic E-state index is 12.3. The molecule has 2 heterocycles. The average Bonchev–Trinajstić information content (AvgIpc) is 2.96. The van der Waals surface area contributed by atoms with Gasteiger partial charge in [-0.3, -0.25) is 9.69 Å². The van der Waals surface area contributed by atoms with Gasteiger partial charge in [0.25, 0.3) is 0 Å². The van der Waals surface area contributed by atoms with Crippen molar-refractivity contribution in [3.63, 3.8) is 0 Å². The summed E-state index contributed by atoms with van der Waals surface area (Å²) >= 11 is 7.98. The van der Waals surface area contributed by atoms with E-state index in [2.05, 4.69) is 22.4 Å². The molecule has 5 heteroatoms. The van der Waals surface area contributed by atoms with Gasteiger partial charge >= 0.3 is 0 Å². The van der Waals surface area contributed by atoms with E-state index in [1.54, 1.807) is 11.3 Å². The summed E-state index contributed by atoms with van der Waals surface area (Å²) in [6.07, 6.45) is 0.579. The Morgan fingerprint density at radius 2 is 1.91 bits per heavy atom. The largest absolute Gasteiger partial charge is 0.337 e. The molecule has 3 nitrogen and oxygen atoms in total. The minimum absolute atomic E-state index is 0.216. The van der Waals surface area contributed by atoms with Crippen LogP contribution >= 0.6 is 22.9 Å². The van der Waals surface area contributed by atoms with Crippen LogP contribution in [0.3, 0.4) is 0 Å². The minimum Gasteiger partial charge on any atom is -0.337 e. The number of benzene rings is 1. The zero-order valence-corrected chi connectivity index (χ0v) is 13.9. The van der Waals surface area contributed by atoms with Gasteiger partial charge in [-0.2, -0.15) is 0 Å². The normalized spacial score (nSPS) is 16.8. The number of hydrogen-bond acceptors (Lipinski definition) is 3. The van der Waals surface area contributed by atoms with E-state index in [1.165, 1.54) is 4.88 Å². The Morgan fingerprint density at radius 3 is 2.68 bits per heavy atom. The molecule has 0 spiro atoms. The highest BCUT2D eigenvalue weighted by atomic mass is 35.5. The van der Waals surface area contributed by atoms with Gasteiger partial charge in [-0.05, 0) is 23.1 Å². The highest BCUT2D eigenvalue weighted by Gasteiger charge is 2.21. The van der Waals surface area contributed by atoms with Crippen LogP contribution in [0.1, 0.15) is 16.9 Å². The van der Waals surface area contributed by atoms with Crippen molar-refractivity contribution in [2.75, 3.05) is 19.6 Å². The quantitative estimate of drug-likeness (QED) is 0.852. The van der Waals surface area contributed by atoms with Gasteiger partial charge in [0, 0.05) is 49.0 Å². The number of carbonyl (C=O) groups is 1. The van der Waals surface area contributed by atoms with Crippen LogP contribution in [0, 0.1) is 0 Å². The molecule has 0 unspecified atom stereocenters. The average molecular weight is 335 g/mol. The SMILES string of the molecule is O=C1CCN(Cc2cccs2)CCN1Cc1ccccc1Cl. The molecule has 0 radical (unpaired) electrons. The lowest BCUT2D eigenvalue weighted by molar-refractivity contribution is -0.130. The van der Waals surface area contributed by atoms with E-state index in [9.17, 15) is 4.79 Å². The molecule has 3 rings (SSSR count). The van der Waals surface area contributed by atoms with Crippen molar-refractivity contribution in [1.29, 1.82) is 0 Å². The lowest BCUT2D eigenvalue weighted by atomic mass is 10.2. The maximum absolute atomic E-state index is 12.3. The number of rotatable bonds is 4. The van der Waals surface area contributed by atoms with E-state index in [1.807, 2.05) is 29.2 Å². The van der Waals surface area contributed by atoms with Crippen LogP contribution in [0.15, 0.2) is 41.8 Å². The third-order valence-corrected chi connectivity index (χ3v) is 5.19. The molecule has 1 aromatic carbocycles. The van der Waals surface area contributed by atoms with Gasteiger partial charge in [-0.15, -0.1) is 11.3 Å². The Morgan fingerprint density at radius 1 is 1.05 bits per heavy atom. The first kappa shape index (κ1) is 15.5. The van der Waals surface area contributed by atoms with Gasteiger partial charge in [-0.25, -0.2) is 0 Å². The van der Waals surface area contributed by atoms with Crippen LogP contribution < -0.4 is 0 Å². The highest BCUT2D eigenvalue weighted by molar-refractivity contribution is 7.09. The van der Waals surface area contributed by atoms with Crippen LogP contribution in [0.5, 0.6) is 0 Å². The Kier molecular flexibility index (Phi) is 5.13. The molecule has 2 aromatic rings. The second-order valence-corrected chi connectivity index (χ2v) is 6.95. The molecule has 1 aromatic heterocycles. The van der Waals surface area contributed by atoms with E-state index in [0.29, 0.717) is 13.0 Å². The predicted molar refractivity (Wildman–Crippen MR) is 91.1 cm³/mol. The molecule has 1 aliphatic rings. The molecule has 0 atom stereocenters. The van der Waals surface area contributed by atoms with Gasteiger partial charge in [-0.1, -0.05) is 35.9 Å². The van der Waals surface area contributed by atoms with Crippen LogP contribution in [-0.2, 0) is 17.9 Å². The molecule has 1 saturated heterocycles. The van der Waals surface area contributed by atoms with Crippen molar-refractivity contribution in [2.45, 2.75) is 19.5 Å². The van der Waals surface area contributed by atoms with Crippen LogP contribution in [-0.4, -0.2) is 35.3 Å². The van der Waals surface area contributed by atoms with Gasteiger partial charge in [0.15, 0.2) is 0 Å². The van der Waals surface area contributed by atoms with Crippen LogP contribution in [0.2, 0.25) is 5.02 Å². The fourth-order valence-corrected chi connectivity index (χ4v) is 3.63. The number of halogens is 1. The summed E-state index contributed by atoms with van der Waals surface area (Å²) < 4.78 is 0. The van der Waals surface area contributed by atoms with E-state index in [-0.39, 0.29) is 5.91 Å². The smallest absolute Gasteiger partial charge is 0.224 e.